The molecule has 0 amide bonds. The second kappa shape index (κ2) is 8.43. The molecule has 0 aromatic heterocycles. The number of hydrogen-bond acceptors (Lipinski definition) is 4. The van der Waals surface area contributed by atoms with Gasteiger partial charge in [-0.1, -0.05) is 0 Å². The smallest absolute Gasteiger partial charge is 0.161 e. The number of quaternary nitrogens is 1. The number of ether oxygens (including phenoxy) is 2. The molecule has 5 heteroatoms. The van der Waals surface area contributed by atoms with E-state index in [4.69, 9.17) is 9.47 Å². The van der Waals surface area contributed by atoms with Gasteiger partial charge in [-0.3, -0.25) is 0 Å². The van der Waals surface area contributed by atoms with E-state index < -0.39 is 5.97 Å². The molecule has 1 aromatic rings. The van der Waals surface area contributed by atoms with Crippen molar-refractivity contribution >= 4 is 5.97 Å². The summed E-state index contributed by atoms with van der Waals surface area (Å²) in [7, 11) is 0. The van der Waals surface area contributed by atoms with Gasteiger partial charge in [-0.25, -0.2) is 0 Å². The molecule has 0 atom stereocenters. The quantitative estimate of drug-likeness (QED) is 0.678. The van der Waals surface area contributed by atoms with Crippen molar-refractivity contribution in [2.45, 2.75) is 20.8 Å². The molecular formula is C15H23NO4. The number of aromatic carboxylic acids is 1. The number of likely N-dealkylation sites (N-methyl/N-ethyl adjacent to an activating group) is 1. The molecule has 1 N–H and O–H groups in total. The number of nitrogens with one attached hydrogen (secondary N) is 1. The van der Waals surface area contributed by atoms with Gasteiger partial charge in [0.25, 0.3) is 0 Å². The first-order valence-electron chi connectivity index (χ1n) is 7.06. The van der Waals surface area contributed by atoms with E-state index >= 15 is 0 Å². The first kappa shape index (κ1) is 16.3. The molecule has 5 nitrogen and oxygen atoms in total. The summed E-state index contributed by atoms with van der Waals surface area (Å²) in [4.78, 5) is 12.3. The van der Waals surface area contributed by atoms with Gasteiger partial charge in [0, 0.05) is 5.56 Å². The summed E-state index contributed by atoms with van der Waals surface area (Å²) >= 11 is 0. The zero-order chi connectivity index (χ0) is 15.0. The summed E-state index contributed by atoms with van der Waals surface area (Å²) in [5.74, 6) is -0.197. The van der Waals surface area contributed by atoms with Crippen molar-refractivity contribution in [3.05, 3.63) is 23.8 Å². The summed E-state index contributed by atoms with van der Waals surface area (Å²) in [6, 6.07) is 4.53. The van der Waals surface area contributed by atoms with Gasteiger partial charge in [0.2, 0.25) is 0 Å². The predicted molar refractivity (Wildman–Crippen MR) is 74.3 cm³/mol. The maximum atomic E-state index is 10.8. The number of carbonyl (C=O) groups excluding carboxylic acids is 1. The van der Waals surface area contributed by atoms with E-state index in [9.17, 15) is 9.90 Å². The second-order valence-electron chi connectivity index (χ2n) is 4.44. The Balaban J connectivity index is 2.70. The van der Waals surface area contributed by atoms with Gasteiger partial charge >= 0.3 is 0 Å². The average molecular weight is 281 g/mol. The van der Waals surface area contributed by atoms with E-state index in [1.807, 2.05) is 6.92 Å². The van der Waals surface area contributed by atoms with Crippen molar-refractivity contribution in [3.8, 4) is 11.5 Å². The molecule has 1 aromatic carbocycles. The highest BCUT2D eigenvalue weighted by Gasteiger charge is 2.09. The minimum absolute atomic E-state index is 0.0927. The summed E-state index contributed by atoms with van der Waals surface area (Å²) in [6.45, 7) is 10.2. The molecule has 0 fully saturated rings. The Morgan fingerprint density at radius 2 is 1.85 bits per heavy atom. The third-order valence-electron chi connectivity index (χ3n) is 3.19. The topological polar surface area (TPSA) is 63.0 Å². The van der Waals surface area contributed by atoms with E-state index in [1.54, 1.807) is 6.07 Å². The number of benzene rings is 1. The Labute approximate surface area is 120 Å². The first-order chi connectivity index (χ1) is 9.62. The minimum atomic E-state index is -1.22. The van der Waals surface area contributed by atoms with Crippen LogP contribution in [0.5, 0.6) is 11.5 Å². The van der Waals surface area contributed by atoms with Crippen LogP contribution in [0.25, 0.3) is 0 Å². The molecule has 20 heavy (non-hydrogen) atoms. The monoisotopic (exact) mass is 281 g/mol. The van der Waals surface area contributed by atoms with Crippen LogP contribution in [0.3, 0.4) is 0 Å². The van der Waals surface area contributed by atoms with E-state index in [2.05, 4.69) is 13.8 Å². The van der Waals surface area contributed by atoms with Crippen molar-refractivity contribution < 1.29 is 24.3 Å². The van der Waals surface area contributed by atoms with Crippen LogP contribution in [-0.2, 0) is 0 Å². The predicted octanol–water partition coefficient (Wildman–Crippen LogP) is -0.248. The van der Waals surface area contributed by atoms with Crippen molar-refractivity contribution in [1.29, 1.82) is 0 Å². The van der Waals surface area contributed by atoms with Crippen LogP contribution in [0.1, 0.15) is 31.1 Å². The largest absolute Gasteiger partial charge is 0.545 e. The SMILES string of the molecule is CCOc1cc(C(=O)[O-])ccc1OCC[NH+](CC)CC. The molecule has 0 saturated heterocycles. The molecule has 0 radical (unpaired) electrons. The van der Waals surface area contributed by atoms with Crippen LogP contribution in [0.2, 0.25) is 0 Å². The first-order valence-corrected chi connectivity index (χ1v) is 7.06. The lowest BCUT2D eigenvalue weighted by Crippen LogP contribution is -3.12. The van der Waals surface area contributed by atoms with E-state index in [0.717, 1.165) is 19.6 Å². The molecule has 0 heterocycles. The van der Waals surface area contributed by atoms with Crippen LogP contribution < -0.4 is 19.5 Å². The highest BCUT2D eigenvalue weighted by atomic mass is 16.5. The minimum Gasteiger partial charge on any atom is -0.545 e. The Morgan fingerprint density at radius 1 is 1.15 bits per heavy atom. The lowest BCUT2D eigenvalue weighted by molar-refractivity contribution is -0.896. The zero-order valence-electron chi connectivity index (χ0n) is 12.4. The fourth-order valence-electron chi connectivity index (χ4n) is 1.93. The van der Waals surface area contributed by atoms with Crippen LogP contribution in [0, 0.1) is 0 Å². The summed E-state index contributed by atoms with van der Waals surface area (Å²) < 4.78 is 11.1. The van der Waals surface area contributed by atoms with Crippen molar-refractivity contribution in [3.63, 3.8) is 0 Å². The zero-order valence-corrected chi connectivity index (χ0v) is 12.4. The van der Waals surface area contributed by atoms with Gasteiger partial charge in [0.05, 0.1) is 25.7 Å². The molecule has 112 valence electrons. The number of rotatable bonds is 9. The van der Waals surface area contributed by atoms with Crippen molar-refractivity contribution in [1.82, 2.24) is 0 Å². The molecule has 0 bridgehead atoms. The third-order valence-corrected chi connectivity index (χ3v) is 3.19. The fourth-order valence-corrected chi connectivity index (χ4v) is 1.93. The van der Waals surface area contributed by atoms with Crippen molar-refractivity contribution in [2.24, 2.45) is 0 Å². The summed E-state index contributed by atoms with van der Waals surface area (Å²) in [5, 5.41) is 10.8. The highest BCUT2D eigenvalue weighted by Crippen LogP contribution is 2.28. The standard InChI is InChI=1S/C15H23NO4/c1-4-16(5-2)9-10-20-13-8-7-12(15(17)18)11-14(13)19-6-3/h7-8,11H,4-6,9-10H2,1-3H3,(H,17,18). The average Bonchev–Trinajstić information content (AvgIpc) is 2.45. The molecule has 0 aliphatic carbocycles. The van der Waals surface area contributed by atoms with E-state index in [-0.39, 0.29) is 5.56 Å². The van der Waals surface area contributed by atoms with Crippen LogP contribution >= 0.6 is 0 Å². The van der Waals surface area contributed by atoms with Crippen LogP contribution in [-0.4, -0.2) is 38.8 Å². The Bertz CT molecular complexity index is 430. The molecule has 0 aliphatic rings. The van der Waals surface area contributed by atoms with Crippen molar-refractivity contribution in [2.75, 3.05) is 32.8 Å². The molecule has 0 saturated carbocycles. The summed E-state index contributed by atoms with van der Waals surface area (Å²) in [5.41, 5.74) is 0.0927. The maximum absolute atomic E-state index is 10.8. The Hall–Kier alpha value is -1.75. The number of carbonyl (C=O) groups is 1. The molecule has 0 aliphatic heterocycles. The van der Waals surface area contributed by atoms with Crippen LogP contribution in [0.15, 0.2) is 18.2 Å². The van der Waals surface area contributed by atoms with E-state index in [1.165, 1.54) is 17.0 Å². The second-order valence-corrected chi connectivity index (χ2v) is 4.44. The number of hydrogen-bond donors (Lipinski definition) is 1. The lowest BCUT2D eigenvalue weighted by Gasteiger charge is -2.17. The molecular weight excluding hydrogens is 258 g/mol. The van der Waals surface area contributed by atoms with Gasteiger partial charge < -0.3 is 24.3 Å². The lowest BCUT2D eigenvalue weighted by atomic mass is 10.2. The van der Waals surface area contributed by atoms with Gasteiger partial charge in [-0.05, 0) is 39.0 Å². The third kappa shape index (κ3) is 4.74. The molecule has 0 unspecified atom stereocenters. The molecule has 1 rings (SSSR count). The van der Waals surface area contributed by atoms with Gasteiger partial charge in [-0.2, -0.15) is 0 Å². The maximum Gasteiger partial charge on any atom is 0.161 e. The highest BCUT2D eigenvalue weighted by molar-refractivity contribution is 5.86. The van der Waals surface area contributed by atoms with Crippen LogP contribution in [0.4, 0.5) is 0 Å². The van der Waals surface area contributed by atoms with Gasteiger partial charge in [0.1, 0.15) is 13.2 Å². The van der Waals surface area contributed by atoms with Gasteiger partial charge in [0.15, 0.2) is 11.5 Å². The fraction of sp³-hybridized carbons (Fsp3) is 0.533. The van der Waals surface area contributed by atoms with Gasteiger partial charge in [-0.15, -0.1) is 0 Å². The summed E-state index contributed by atoms with van der Waals surface area (Å²) in [6.07, 6.45) is 0. The number of carboxylic acid groups (broad SMARTS) is 1. The normalized spacial score (nSPS) is 10.6. The molecule has 0 spiro atoms. The van der Waals surface area contributed by atoms with E-state index in [0.29, 0.717) is 24.7 Å². The Morgan fingerprint density at radius 3 is 2.40 bits per heavy atom. The Kier molecular flexibility index (Phi) is 6.87. The number of carboxylic acids is 1.